The maximum Gasteiger partial charge on any atom is 0.270 e. The molecule has 3 rings (SSSR count). The standard InChI is InChI=1S/C15H21ClN4O/c1-8-5-11(8)12-7-13(20-15(16)19-12)14(21)18-10-3-4-17-9(2)6-10/h7-11,17H,3-6H2,1-2H3,(H,18,21)/t8?,9-,10?,11-/m0/s1. The van der Waals surface area contributed by atoms with Crippen LogP contribution in [0.5, 0.6) is 0 Å². The molecule has 5 nitrogen and oxygen atoms in total. The van der Waals surface area contributed by atoms with Crippen molar-refractivity contribution in [3.8, 4) is 0 Å². The van der Waals surface area contributed by atoms with Crippen molar-refractivity contribution in [3.05, 3.63) is 22.7 Å². The van der Waals surface area contributed by atoms with Gasteiger partial charge >= 0.3 is 0 Å². The lowest BCUT2D eigenvalue weighted by Gasteiger charge is -2.28. The molecule has 1 amide bonds. The Morgan fingerprint density at radius 2 is 2.14 bits per heavy atom. The number of carbonyl (C=O) groups is 1. The summed E-state index contributed by atoms with van der Waals surface area (Å²) in [4.78, 5) is 20.7. The highest BCUT2D eigenvalue weighted by Crippen LogP contribution is 2.46. The topological polar surface area (TPSA) is 66.9 Å². The van der Waals surface area contributed by atoms with Crippen LogP contribution in [0.15, 0.2) is 6.07 Å². The van der Waals surface area contributed by atoms with Crippen LogP contribution in [0.3, 0.4) is 0 Å². The van der Waals surface area contributed by atoms with Gasteiger partial charge in [0.2, 0.25) is 5.28 Å². The number of hydrogen-bond donors (Lipinski definition) is 2. The van der Waals surface area contributed by atoms with E-state index in [9.17, 15) is 4.79 Å². The number of amides is 1. The predicted octanol–water partition coefficient (Wildman–Crippen LogP) is 2.12. The Balaban J connectivity index is 1.70. The smallest absolute Gasteiger partial charge is 0.270 e. The summed E-state index contributed by atoms with van der Waals surface area (Å²) in [5.74, 6) is 0.904. The van der Waals surface area contributed by atoms with Crippen LogP contribution in [0.25, 0.3) is 0 Å². The summed E-state index contributed by atoms with van der Waals surface area (Å²) in [5.41, 5.74) is 1.28. The lowest BCUT2D eigenvalue weighted by atomic mass is 10.0. The number of piperidine rings is 1. The first kappa shape index (κ1) is 14.7. The molecule has 1 aromatic heterocycles. The highest BCUT2D eigenvalue weighted by atomic mass is 35.5. The molecule has 0 radical (unpaired) electrons. The Labute approximate surface area is 129 Å². The lowest BCUT2D eigenvalue weighted by molar-refractivity contribution is 0.0920. The molecule has 1 saturated carbocycles. The molecule has 0 aromatic carbocycles. The summed E-state index contributed by atoms with van der Waals surface area (Å²) in [7, 11) is 0. The number of rotatable bonds is 3. The van der Waals surface area contributed by atoms with Crippen LogP contribution >= 0.6 is 11.6 Å². The summed E-state index contributed by atoms with van der Waals surface area (Å²) >= 11 is 5.97. The molecule has 1 saturated heterocycles. The first-order valence-corrected chi connectivity index (χ1v) is 7.99. The van der Waals surface area contributed by atoms with Crippen LogP contribution in [-0.2, 0) is 0 Å². The first-order valence-electron chi connectivity index (χ1n) is 7.61. The molecular weight excluding hydrogens is 288 g/mol. The van der Waals surface area contributed by atoms with Gasteiger partial charge in [-0.15, -0.1) is 0 Å². The third-order valence-corrected chi connectivity index (χ3v) is 4.57. The van der Waals surface area contributed by atoms with Gasteiger partial charge in [0.25, 0.3) is 5.91 Å². The molecule has 114 valence electrons. The molecule has 2 unspecified atom stereocenters. The zero-order valence-corrected chi connectivity index (χ0v) is 13.2. The van der Waals surface area contributed by atoms with Crippen LogP contribution in [0.1, 0.15) is 55.2 Å². The third kappa shape index (κ3) is 3.52. The Hall–Kier alpha value is -1.20. The van der Waals surface area contributed by atoms with Gasteiger partial charge in [-0.05, 0) is 56.3 Å². The van der Waals surface area contributed by atoms with Crippen LogP contribution in [0.4, 0.5) is 0 Å². The zero-order chi connectivity index (χ0) is 15.0. The molecule has 21 heavy (non-hydrogen) atoms. The van der Waals surface area contributed by atoms with E-state index in [1.165, 1.54) is 0 Å². The summed E-state index contributed by atoms with van der Waals surface area (Å²) in [6, 6.07) is 2.42. The van der Waals surface area contributed by atoms with Crippen LogP contribution < -0.4 is 10.6 Å². The Bertz CT molecular complexity index is 550. The Morgan fingerprint density at radius 1 is 1.38 bits per heavy atom. The van der Waals surface area contributed by atoms with Gasteiger partial charge in [0.15, 0.2) is 0 Å². The van der Waals surface area contributed by atoms with Crippen molar-refractivity contribution in [1.29, 1.82) is 0 Å². The van der Waals surface area contributed by atoms with Gasteiger partial charge in [0.1, 0.15) is 5.69 Å². The van der Waals surface area contributed by atoms with Crippen molar-refractivity contribution in [2.45, 2.75) is 51.1 Å². The zero-order valence-electron chi connectivity index (χ0n) is 12.4. The molecule has 1 aliphatic heterocycles. The molecule has 0 spiro atoms. The van der Waals surface area contributed by atoms with Crippen LogP contribution in [-0.4, -0.2) is 34.5 Å². The number of nitrogens with zero attached hydrogens (tertiary/aromatic N) is 2. The second kappa shape index (κ2) is 5.89. The van der Waals surface area contributed by atoms with Crippen molar-refractivity contribution < 1.29 is 4.79 Å². The molecule has 1 aromatic rings. The monoisotopic (exact) mass is 308 g/mol. The average molecular weight is 309 g/mol. The summed E-state index contributed by atoms with van der Waals surface area (Å²) in [5, 5.41) is 6.60. The largest absolute Gasteiger partial charge is 0.348 e. The van der Waals surface area contributed by atoms with Gasteiger partial charge in [-0.25, -0.2) is 9.97 Å². The maximum atomic E-state index is 12.4. The molecular formula is C15H21ClN4O. The van der Waals surface area contributed by atoms with Crippen molar-refractivity contribution in [2.24, 2.45) is 5.92 Å². The molecule has 1 aliphatic carbocycles. The van der Waals surface area contributed by atoms with E-state index in [1.54, 1.807) is 6.07 Å². The van der Waals surface area contributed by atoms with E-state index in [4.69, 9.17) is 11.6 Å². The van der Waals surface area contributed by atoms with E-state index in [2.05, 4.69) is 34.4 Å². The minimum absolute atomic E-state index is 0.145. The van der Waals surface area contributed by atoms with Gasteiger partial charge in [0, 0.05) is 23.7 Å². The van der Waals surface area contributed by atoms with Gasteiger partial charge in [-0.2, -0.15) is 0 Å². The number of carbonyl (C=O) groups excluding carboxylic acids is 1. The van der Waals surface area contributed by atoms with Crippen molar-refractivity contribution in [2.75, 3.05) is 6.54 Å². The fourth-order valence-corrected chi connectivity index (χ4v) is 3.19. The Morgan fingerprint density at radius 3 is 2.81 bits per heavy atom. The summed E-state index contributed by atoms with van der Waals surface area (Å²) < 4.78 is 0. The predicted molar refractivity (Wildman–Crippen MR) is 81.5 cm³/mol. The molecule has 0 bridgehead atoms. The fraction of sp³-hybridized carbons (Fsp3) is 0.667. The van der Waals surface area contributed by atoms with Crippen LogP contribution in [0.2, 0.25) is 5.28 Å². The third-order valence-electron chi connectivity index (χ3n) is 4.40. The number of nitrogens with one attached hydrogen (secondary N) is 2. The van der Waals surface area contributed by atoms with E-state index < -0.39 is 0 Å². The van der Waals surface area contributed by atoms with E-state index in [1.807, 2.05) is 0 Å². The summed E-state index contributed by atoms with van der Waals surface area (Å²) in [6.45, 7) is 5.24. The molecule has 2 heterocycles. The minimum atomic E-state index is -0.145. The average Bonchev–Trinajstić information content (AvgIpc) is 3.15. The minimum Gasteiger partial charge on any atom is -0.348 e. The molecule has 2 fully saturated rings. The number of hydrogen-bond acceptors (Lipinski definition) is 4. The lowest BCUT2D eigenvalue weighted by Crippen LogP contribution is -2.46. The normalized spacial score (nSPS) is 31.8. The highest BCUT2D eigenvalue weighted by molar-refractivity contribution is 6.28. The van der Waals surface area contributed by atoms with E-state index in [-0.39, 0.29) is 17.2 Å². The van der Waals surface area contributed by atoms with Gasteiger partial charge < -0.3 is 10.6 Å². The van der Waals surface area contributed by atoms with E-state index in [0.717, 1.165) is 31.5 Å². The molecule has 2 aliphatic rings. The SMILES string of the molecule is CC1C[C@@H]1c1cc(C(=O)NC2CCN[C@@H](C)C2)nc(Cl)n1. The fourth-order valence-electron chi connectivity index (χ4n) is 3.00. The number of aromatic nitrogens is 2. The molecule has 6 heteroatoms. The second-order valence-electron chi connectivity index (χ2n) is 6.32. The van der Waals surface area contributed by atoms with E-state index >= 15 is 0 Å². The maximum absolute atomic E-state index is 12.4. The number of halogens is 1. The highest BCUT2D eigenvalue weighted by Gasteiger charge is 2.36. The second-order valence-corrected chi connectivity index (χ2v) is 6.65. The quantitative estimate of drug-likeness (QED) is 0.839. The van der Waals surface area contributed by atoms with Gasteiger partial charge in [-0.3, -0.25) is 4.79 Å². The van der Waals surface area contributed by atoms with Gasteiger partial charge in [0.05, 0.1) is 0 Å². The van der Waals surface area contributed by atoms with Gasteiger partial charge in [-0.1, -0.05) is 6.92 Å². The molecule has 4 atom stereocenters. The van der Waals surface area contributed by atoms with Crippen molar-refractivity contribution in [3.63, 3.8) is 0 Å². The van der Waals surface area contributed by atoms with Crippen molar-refractivity contribution >= 4 is 17.5 Å². The first-order chi connectivity index (χ1) is 10.0. The summed E-state index contributed by atoms with van der Waals surface area (Å²) in [6.07, 6.45) is 3.00. The van der Waals surface area contributed by atoms with Crippen molar-refractivity contribution in [1.82, 2.24) is 20.6 Å². The van der Waals surface area contributed by atoms with E-state index in [0.29, 0.717) is 23.6 Å². The Kier molecular flexibility index (Phi) is 4.13. The van der Waals surface area contributed by atoms with Crippen LogP contribution in [0, 0.1) is 5.92 Å². The molecule has 2 N–H and O–H groups in total.